The Morgan fingerprint density at radius 1 is 1.12 bits per heavy atom. The van der Waals surface area contributed by atoms with Gasteiger partial charge in [-0.3, -0.25) is 9.40 Å². The van der Waals surface area contributed by atoms with E-state index in [9.17, 15) is 26.9 Å². The van der Waals surface area contributed by atoms with Gasteiger partial charge < -0.3 is 4.74 Å². The summed E-state index contributed by atoms with van der Waals surface area (Å²) >= 11 is 1.09. The Bertz CT molecular complexity index is 1490. The van der Waals surface area contributed by atoms with Crippen molar-refractivity contribution in [2.24, 2.45) is 7.05 Å². The summed E-state index contributed by atoms with van der Waals surface area (Å²) in [7, 11) is -2.46. The number of rotatable bonds is 6. The lowest BCUT2D eigenvalue weighted by Crippen LogP contribution is -2.13. The van der Waals surface area contributed by atoms with Gasteiger partial charge in [-0.25, -0.2) is 13.4 Å². The van der Waals surface area contributed by atoms with Crippen LogP contribution in [0.25, 0.3) is 11.3 Å². The number of alkyl halides is 3. The van der Waals surface area contributed by atoms with Crippen LogP contribution in [0.4, 0.5) is 18.3 Å². The number of halogens is 3. The zero-order chi connectivity index (χ0) is 24.5. The maximum absolute atomic E-state index is 13.3. The first-order chi connectivity index (χ1) is 16.1. The molecule has 174 valence electrons. The highest BCUT2D eigenvalue weighted by Gasteiger charge is 2.32. The highest BCUT2D eigenvalue weighted by atomic mass is 32.2. The standard InChI is InChI=1S/C21H14F3N5O3S2/c1-29-17(6-7-27-29)16-11-14(21(22,23)24)2-4-19(16)32-18-5-3-15(10-13(18)12-25)34(30,31)28-20-26-8-9-33-20/h2-11H,1H3,(H,26,28). The van der Waals surface area contributed by atoms with Crippen LogP contribution in [-0.4, -0.2) is 23.2 Å². The summed E-state index contributed by atoms with van der Waals surface area (Å²) in [5, 5.41) is 15.3. The third kappa shape index (κ3) is 4.73. The van der Waals surface area contributed by atoms with Crippen LogP contribution in [0.5, 0.6) is 11.5 Å². The van der Waals surface area contributed by atoms with Gasteiger partial charge in [0, 0.05) is 30.4 Å². The number of nitriles is 1. The fourth-order valence-corrected chi connectivity index (χ4v) is 4.87. The van der Waals surface area contributed by atoms with Crippen molar-refractivity contribution in [1.29, 1.82) is 5.26 Å². The van der Waals surface area contributed by atoms with Crippen LogP contribution in [-0.2, 0) is 23.2 Å². The average Bonchev–Trinajstić information content (AvgIpc) is 3.44. The molecule has 2 aromatic heterocycles. The third-order valence-corrected chi connectivity index (χ3v) is 6.81. The lowest BCUT2D eigenvalue weighted by molar-refractivity contribution is -0.137. The van der Waals surface area contributed by atoms with Crippen LogP contribution < -0.4 is 9.46 Å². The highest BCUT2D eigenvalue weighted by molar-refractivity contribution is 7.93. The number of anilines is 1. The van der Waals surface area contributed by atoms with Crippen molar-refractivity contribution in [2.75, 3.05) is 4.72 Å². The van der Waals surface area contributed by atoms with E-state index in [0.717, 1.165) is 35.6 Å². The van der Waals surface area contributed by atoms with E-state index in [-0.39, 0.29) is 32.7 Å². The zero-order valence-corrected chi connectivity index (χ0v) is 18.9. The summed E-state index contributed by atoms with van der Waals surface area (Å²) in [6, 6.07) is 9.90. The summed E-state index contributed by atoms with van der Waals surface area (Å²) in [4.78, 5) is 3.66. The van der Waals surface area contributed by atoms with Gasteiger partial charge in [-0.2, -0.15) is 23.5 Å². The van der Waals surface area contributed by atoms with E-state index in [1.807, 2.05) is 6.07 Å². The molecular formula is C21H14F3N5O3S2. The predicted molar refractivity (Wildman–Crippen MR) is 118 cm³/mol. The van der Waals surface area contributed by atoms with E-state index in [1.54, 1.807) is 12.4 Å². The second-order valence-electron chi connectivity index (χ2n) is 6.86. The molecule has 34 heavy (non-hydrogen) atoms. The Labute approximate surface area is 195 Å². The zero-order valence-electron chi connectivity index (χ0n) is 17.2. The van der Waals surface area contributed by atoms with Gasteiger partial charge in [0.25, 0.3) is 10.0 Å². The molecule has 2 aromatic carbocycles. The van der Waals surface area contributed by atoms with Gasteiger partial charge in [-0.05, 0) is 42.5 Å². The van der Waals surface area contributed by atoms with Crippen LogP contribution >= 0.6 is 11.3 Å². The van der Waals surface area contributed by atoms with Crippen molar-refractivity contribution >= 4 is 26.5 Å². The molecule has 0 atom stereocenters. The highest BCUT2D eigenvalue weighted by Crippen LogP contribution is 2.39. The molecule has 0 aliphatic carbocycles. The molecule has 0 amide bonds. The number of hydrogen-bond donors (Lipinski definition) is 1. The molecule has 0 fully saturated rings. The monoisotopic (exact) mass is 505 g/mol. The molecule has 0 aliphatic heterocycles. The minimum absolute atomic E-state index is 0.0288. The largest absolute Gasteiger partial charge is 0.455 e. The Morgan fingerprint density at radius 2 is 1.88 bits per heavy atom. The van der Waals surface area contributed by atoms with Crippen molar-refractivity contribution in [2.45, 2.75) is 11.1 Å². The first kappa shape index (κ1) is 23.3. The number of sulfonamides is 1. The Morgan fingerprint density at radius 3 is 2.50 bits per heavy atom. The molecule has 13 heteroatoms. The molecule has 0 bridgehead atoms. The first-order valence-electron chi connectivity index (χ1n) is 9.42. The quantitative estimate of drug-likeness (QED) is 0.394. The van der Waals surface area contributed by atoms with Gasteiger partial charge in [0.15, 0.2) is 5.13 Å². The normalized spacial score (nSPS) is 11.7. The number of nitrogens with zero attached hydrogens (tertiary/aromatic N) is 4. The van der Waals surface area contributed by atoms with Crippen molar-refractivity contribution in [1.82, 2.24) is 14.8 Å². The fraction of sp³-hybridized carbons (Fsp3) is 0.0952. The lowest BCUT2D eigenvalue weighted by atomic mass is 10.1. The van der Waals surface area contributed by atoms with Crippen LogP contribution in [0.1, 0.15) is 11.1 Å². The smallest absolute Gasteiger partial charge is 0.416 e. The molecule has 0 spiro atoms. The predicted octanol–water partition coefficient (Wildman–Crippen LogP) is 5.03. The van der Waals surface area contributed by atoms with E-state index in [2.05, 4.69) is 14.8 Å². The number of thiazole rings is 1. The molecule has 4 rings (SSSR count). The van der Waals surface area contributed by atoms with Gasteiger partial charge in [0.05, 0.1) is 21.7 Å². The van der Waals surface area contributed by atoms with E-state index in [4.69, 9.17) is 4.74 Å². The molecule has 1 N–H and O–H groups in total. The molecule has 0 unspecified atom stereocenters. The summed E-state index contributed by atoms with van der Waals surface area (Å²) < 4.78 is 74.6. The third-order valence-electron chi connectivity index (χ3n) is 4.66. The van der Waals surface area contributed by atoms with E-state index in [1.165, 1.54) is 35.3 Å². The molecule has 0 radical (unpaired) electrons. The fourth-order valence-electron chi connectivity index (χ4n) is 3.05. The van der Waals surface area contributed by atoms with Gasteiger partial charge in [0.2, 0.25) is 0 Å². The minimum atomic E-state index is -4.58. The summed E-state index contributed by atoms with van der Waals surface area (Å²) in [5.74, 6) is 0.00323. The molecule has 0 saturated carbocycles. The van der Waals surface area contributed by atoms with Gasteiger partial charge >= 0.3 is 6.18 Å². The molecule has 2 heterocycles. The maximum atomic E-state index is 13.3. The number of aryl methyl sites for hydroxylation is 1. The molecule has 0 aliphatic rings. The maximum Gasteiger partial charge on any atom is 0.416 e. The van der Waals surface area contributed by atoms with Crippen LogP contribution in [0, 0.1) is 11.3 Å². The van der Waals surface area contributed by atoms with Crippen molar-refractivity contribution in [3.05, 3.63) is 71.4 Å². The molecular weight excluding hydrogens is 491 g/mol. The summed E-state index contributed by atoms with van der Waals surface area (Å²) in [6.45, 7) is 0. The van der Waals surface area contributed by atoms with Gasteiger partial charge in [-0.15, -0.1) is 11.3 Å². The number of benzene rings is 2. The number of aromatic nitrogens is 3. The Kier molecular flexibility index (Phi) is 6.03. The second-order valence-corrected chi connectivity index (χ2v) is 9.44. The van der Waals surface area contributed by atoms with Crippen LogP contribution in [0.3, 0.4) is 0 Å². The van der Waals surface area contributed by atoms with Crippen molar-refractivity contribution in [3.8, 4) is 28.8 Å². The summed E-state index contributed by atoms with van der Waals surface area (Å²) in [5.41, 5.74) is -0.559. The molecule has 0 saturated heterocycles. The van der Waals surface area contributed by atoms with Gasteiger partial charge in [0.1, 0.15) is 17.6 Å². The lowest BCUT2D eigenvalue weighted by Gasteiger charge is -2.16. The molecule has 8 nitrogen and oxygen atoms in total. The van der Waals surface area contributed by atoms with Gasteiger partial charge in [-0.1, -0.05) is 0 Å². The van der Waals surface area contributed by atoms with Crippen molar-refractivity contribution < 1.29 is 26.3 Å². The topological polar surface area (TPSA) is 110 Å². The SMILES string of the molecule is Cn1nccc1-c1cc(C(F)(F)F)ccc1Oc1ccc(S(=O)(=O)Nc2nccs2)cc1C#N. The number of hydrogen-bond acceptors (Lipinski definition) is 7. The Hall–Kier alpha value is -3.89. The van der Waals surface area contributed by atoms with Crippen LogP contribution in [0.15, 0.2) is 65.1 Å². The van der Waals surface area contributed by atoms with Crippen LogP contribution in [0.2, 0.25) is 0 Å². The van der Waals surface area contributed by atoms with Crippen molar-refractivity contribution in [3.63, 3.8) is 0 Å². The van der Waals surface area contributed by atoms with E-state index in [0.29, 0.717) is 5.69 Å². The number of ether oxygens (including phenoxy) is 1. The first-order valence-corrected chi connectivity index (χ1v) is 11.8. The average molecular weight is 506 g/mol. The summed E-state index contributed by atoms with van der Waals surface area (Å²) in [6.07, 6.45) is -1.72. The number of nitrogens with one attached hydrogen (secondary N) is 1. The minimum Gasteiger partial charge on any atom is -0.455 e. The van der Waals surface area contributed by atoms with E-state index < -0.39 is 21.8 Å². The molecule has 4 aromatic rings. The Balaban J connectivity index is 1.73. The van der Waals surface area contributed by atoms with E-state index >= 15 is 0 Å². The second kappa shape index (κ2) is 8.81.